The van der Waals surface area contributed by atoms with E-state index in [1.807, 2.05) is 10.7 Å². The number of hydrogen-bond donors (Lipinski definition) is 0. The SMILES string of the molecule is Brc1cccc(C2CN2n2cnnc2)c1. The van der Waals surface area contributed by atoms with E-state index in [4.69, 9.17) is 0 Å². The normalized spacial score (nSPS) is 19.3. The first-order valence-corrected chi connectivity index (χ1v) is 5.51. The van der Waals surface area contributed by atoms with Crippen molar-refractivity contribution in [1.29, 1.82) is 0 Å². The van der Waals surface area contributed by atoms with Crippen LogP contribution in [0.4, 0.5) is 0 Å². The molecule has 0 saturated carbocycles. The van der Waals surface area contributed by atoms with Crippen LogP contribution < -0.4 is 5.01 Å². The first-order valence-electron chi connectivity index (χ1n) is 4.71. The Kier molecular flexibility index (Phi) is 1.98. The maximum atomic E-state index is 3.79. The smallest absolute Gasteiger partial charge is 0.139 e. The molecular weight excluding hydrogens is 256 g/mol. The van der Waals surface area contributed by atoms with Crippen LogP contribution in [-0.4, -0.2) is 21.4 Å². The van der Waals surface area contributed by atoms with Gasteiger partial charge in [0.2, 0.25) is 0 Å². The molecule has 1 fully saturated rings. The third-order valence-corrected chi connectivity index (χ3v) is 3.02. The van der Waals surface area contributed by atoms with Crippen LogP contribution in [-0.2, 0) is 0 Å². The molecule has 1 aromatic heterocycles. The number of halogens is 1. The Hall–Kier alpha value is -1.36. The van der Waals surface area contributed by atoms with E-state index in [9.17, 15) is 0 Å². The summed E-state index contributed by atoms with van der Waals surface area (Å²) in [5.74, 6) is 0. The topological polar surface area (TPSA) is 33.7 Å². The second-order valence-electron chi connectivity index (χ2n) is 3.53. The zero-order valence-corrected chi connectivity index (χ0v) is 9.50. The van der Waals surface area contributed by atoms with Gasteiger partial charge in [0.15, 0.2) is 0 Å². The average molecular weight is 265 g/mol. The third-order valence-electron chi connectivity index (χ3n) is 2.52. The lowest BCUT2D eigenvalue weighted by molar-refractivity contribution is 0.793. The van der Waals surface area contributed by atoms with E-state index < -0.39 is 0 Å². The number of benzene rings is 1. The van der Waals surface area contributed by atoms with Crippen LogP contribution in [0.2, 0.25) is 0 Å². The van der Waals surface area contributed by atoms with Crippen LogP contribution in [0, 0.1) is 0 Å². The van der Waals surface area contributed by atoms with Crippen molar-refractivity contribution in [2.75, 3.05) is 11.6 Å². The highest BCUT2D eigenvalue weighted by molar-refractivity contribution is 9.10. The van der Waals surface area contributed by atoms with Gasteiger partial charge in [-0.2, -0.15) is 0 Å². The Balaban J connectivity index is 1.82. The molecule has 0 bridgehead atoms. The number of hydrogen-bond acceptors (Lipinski definition) is 3. The van der Waals surface area contributed by atoms with E-state index in [0.29, 0.717) is 6.04 Å². The largest absolute Gasteiger partial charge is 0.299 e. The molecule has 1 unspecified atom stereocenters. The Morgan fingerprint density at radius 2 is 2.07 bits per heavy atom. The minimum atomic E-state index is 0.457. The fourth-order valence-corrected chi connectivity index (χ4v) is 2.12. The van der Waals surface area contributed by atoms with Crippen molar-refractivity contribution < 1.29 is 0 Å². The molecule has 1 aromatic carbocycles. The van der Waals surface area contributed by atoms with Crippen molar-refractivity contribution in [2.45, 2.75) is 6.04 Å². The van der Waals surface area contributed by atoms with Crippen molar-refractivity contribution in [1.82, 2.24) is 14.9 Å². The van der Waals surface area contributed by atoms with E-state index in [-0.39, 0.29) is 0 Å². The predicted molar refractivity (Wildman–Crippen MR) is 60.0 cm³/mol. The standard InChI is InChI=1S/C10H9BrN4/c11-9-3-1-2-8(4-9)10-5-15(10)14-6-12-13-7-14/h1-4,6-7,10H,5H2. The Morgan fingerprint density at radius 3 is 2.80 bits per heavy atom. The van der Waals surface area contributed by atoms with Gasteiger partial charge in [-0.15, -0.1) is 10.2 Å². The van der Waals surface area contributed by atoms with E-state index in [2.05, 4.69) is 49.3 Å². The van der Waals surface area contributed by atoms with E-state index in [0.717, 1.165) is 11.0 Å². The minimum Gasteiger partial charge on any atom is -0.299 e. The van der Waals surface area contributed by atoms with Gasteiger partial charge in [0, 0.05) is 4.47 Å². The average Bonchev–Trinajstić information content (AvgIpc) is 2.86. The van der Waals surface area contributed by atoms with Crippen LogP contribution in [0.3, 0.4) is 0 Å². The summed E-state index contributed by atoms with van der Waals surface area (Å²) in [5, 5.41) is 9.78. The van der Waals surface area contributed by atoms with Crippen LogP contribution in [0.1, 0.15) is 11.6 Å². The molecule has 1 aliphatic rings. The molecule has 76 valence electrons. The van der Waals surface area contributed by atoms with Gasteiger partial charge in [-0.1, -0.05) is 28.1 Å². The number of aromatic nitrogens is 3. The van der Waals surface area contributed by atoms with Gasteiger partial charge in [-0.3, -0.25) is 5.01 Å². The van der Waals surface area contributed by atoms with Crippen LogP contribution in [0.25, 0.3) is 0 Å². The third kappa shape index (κ3) is 1.63. The maximum absolute atomic E-state index is 3.79. The second-order valence-corrected chi connectivity index (χ2v) is 4.45. The highest BCUT2D eigenvalue weighted by Crippen LogP contribution is 2.33. The van der Waals surface area contributed by atoms with Gasteiger partial charge in [-0.05, 0) is 17.7 Å². The van der Waals surface area contributed by atoms with Crippen molar-refractivity contribution in [3.8, 4) is 0 Å². The second kappa shape index (κ2) is 3.34. The summed E-state index contributed by atoms with van der Waals surface area (Å²) in [7, 11) is 0. The van der Waals surface area contributed by atoms with E-state index in [1.54, 1.807) is 12.7 Å². The highest BCUT2D eigenvalue weighted by Gasteiger charge is 2.36. The zero-order chi connectivity index (χ0) is 10.3. The summed E-state index contributed by atoms with van der Waals surface area (Å²) < 4.78 is 3.04. The monoisotopic (exact) mass is 264 g/mol. The molecule has 1 aliphatic heterocycles. The van der Waals surface area contributed by atoms with Gasteiger partial charge in [0.05, 0.1) is 12.6 Å². The fourth-order valence-electron chi connectivity index (χ4n) is 1.70. The van der Waals surface area contributed by atoms with Crippen LogP contribution in [0.5, 0.6) is 0 Å². The zero-order valence-electron chi connectivity index (χ0n) is 7.92. The Bertz CT molecular complexity index is 468. The van der Waals surface area contributed by atoms with Gasteiger partial charge in [-0.25, -0.2) is 4.68 Å². The lowest BCUT2D eigenvalue weighted by atomic mass is 10.2. The molecule has 5 heteroatoms. The molecule has 0 amide bonds. The predicted octanol–water partition coefficient (Wildman–Crippen LogP) is 1.73. The molecule has 0 N–H and O–H groups in total. The number of rotatable bonds is 2. The summed E-state index contributed by atoms with van der Waals surface area (Å²) in [6.45, 7) is 1.02. The van der Waals surface area contributed by atoms with Gasteiger partial charge < -0.3 is 0 Å². The lowest BCUT2D eigenvalue weighted by Crippen LogP contribution is -2.10. The van der Waals surface area contributed by atoms with E-state index >= 15 is 0 Å². The van der Waals surface area contributed by atoms with Crippen molar-refractivity contribution in [3.05, 3.63) is 47.0 Å². The lowest BCUT2D eigenvalue weighted by Gasteiger charge is -2.04. The maximum Gasteiger partial charge on any atom is 0.139 e. The highest BCUT2D eigenvalue weighted by atomic mass is 79.9. The first kappa shape index (κ1) is 8.91. The molecule has 3 rings (SSSR count). The Labute approximate surface area is 95.6 Å². The van der Waals surface area contributed by atoms with Gasteiger partial charge in [0.25, 0.3) is 0 Å². The molecule has 2 aromatic rings. The van der Waals surface area contributed by atoms with Crippen molar-refractivity contribution in [3.63, 3.8) is 0 Å². The van der Waals surface area contributed by atoms with Crippen LogP contribution >= 0.6 is 15.9 Å². The van der Waals surface area contributed by atoms with Crippen molar-refractivity contribution in [2.24, 2.45) is 0 Å². The van der Waals surface area contributed by atoms with Gasteiger partial charge in [0.1, 0.15) is 12.7 Å². The molecular formula is C10H9BrN4. The summed E-state index contributed by atoms with van der Waals surface area (Å²) in [6.07, 6.45) is 3.44. The number of nitrogens with zero attached hydrogens (tertiary/aromatic N) is 4. The Morgan fingerprint density at radius 1 is 1.27 bits per heavy atom. The summed E-state index contributed by atoms with van der Waals surface area (Å²) in [6, 6.07) is 8.84. The van der Waals surface area contributed by atoms with Gasteiger partial charge >= 0.3 is 0 Å². The molecule has 0 radical (unpaired) electrons. The molecule has 15 heavy (non-hydrogen) atoms. The fraction of sp³-hybridized carbons (Fsp3) is 0.200. The quantitative estimate of drug-likeness (QED) is 0.775. The molecule has 0 spiro atoms. The molecule has 2 heterocycles. The summed E-state index contributed by atoms with van der Waals surface area (Å²) in [5.41, 5.74) is 1.32. The summed E-state index contributed by atoms with van der Waals surface area (Å²) >= 11 is 3.48. The molecule has 1 atom stereocenters. The van der Waals surface area contributed by atoms with Crippen molar-refractivity contribution >= 4 is 15.9 Å². The molecule has 1 saturated heterocycles. The summed E-state index contributed by atoms with van der Waals surface area (Å²) in [4.78, 5) is 0. The van der Waals surface area contributed by atoms with Crippen LogP contribution in [0.15, 0.2) is 41.4 Å². The molecule has 0 aliphatic carbocycles. The molecule has 4 nitrogen and oxygen atoms in total. The van der Waals surface area contributed by atoms with E-state index in [1.165, 1.54) is 5.56 Å². The minimum absolute atomic E-state index is 0.457. The first-order chi connectivity index (χ1) is 7.34.